The maximum Gasteiger partial charge on any atom is 0.0283 e. The third kappa shape index (κ3) is 6.75. The van der Waals surface area contributed by atoms with Gasteiger partial charge in [0.2, 0.25) is 0 Å². The summed E-state index contributed by atoms with van der Waals surface area (Å²) in [5.74, 6) is 0. The normalized spacial score (nSPS) is 13.8. The number of unbranched alkanes of at least 4 members (excludes halogenated alkanes) is 10. The van der Waals surface area contributed by atoms with Gasteiger partial charge in [0.05, 0.1) is 0 Å². The van der Waals surface area contributed by atoms with Crippen molar-refractivity contribution in [3.05, 3.63) is 58.7 Å². The zero-order valence-electron chi connectivity index (χ0n) is 21.0. The van der Waals surface area contributed by atoms with E-state index in [1.807, 2.05) is 0 Å². The summed E-state index contributed by atoms with van der Waals surface area (Å²) in [6, 6.07) is 14.5. The topological polar surface area (TPSA) is 0 Å². The van der Waals surface area contributed by atoms with Gasteiger partial charge >= 0.3 is 0 Å². The Hall–Kier alpha value is -0.600. The minimum atomic E-state index is 0.191. The lowest BCUT2D eigenvalue weighted by molar-refractivity contribution is 0.397. The molecule has 1 aliphatic rings. The molecule has 2 aromatic carbocycles. The van der Waals surface area contributed by atoms with E-state index in [0.29, 0.717) is 0 Å². The van der Waals surface area contributed by atoms with Gasteiger partial charge in [0, 0.05) is 16.1 Å². The number of benzene rings is 2. The average molecular weight is 577 g/mol. The van der Waals surface area contributed by atoms with Crippen molar-refractivity contribution in [2.24, 2.45) is 0 Å². The van der Waals surface area contributed by atoms with Crippen molar-refractivity contribution in [3.8, 4) is 11.1 Å². The van der Waals surface area contributed by atoms with Gasteiger partial charge in [0.1, 0.15) is 0 Å². The van der Waals surface area contributed by atoms with Crippen molar-refractivity contribution in [1.82, 2.24) is 0 Å². The van der Waals surface area contributed by atoms with Gasteiger partial charge in [0.15, 0.2) is 0 Å². The van der Waals surface area contributed by atoms with Gasteiger partial charge in [-0.1, -0.05) is 159 Å². The van der Waals surface area contributed by atoms with Gasteiger partial charge in [-0.3, -0.25) is 0 Å². The Balaban J connectivity index is 1.91. The zero-order valence-corrected chi connectivity index (χ0v) is 24.2. The molecule has 0 bridgehead atoms. The van der Waals surface area contributed by atoms with Crippen LogP contribution < -0.4 is 0 Å². The Labute approximate surface area is 220 Å². The standard InChI is InChI=1S/C31H44Br2/c1-3-5-7-9-11-13-19-31(20-14-12-10-8-6-4-2)29-21-25(23-32)15-17-27(29)28-18-16-26(24-33)22-30(28)31/h15-18,21-22H,3-14,19-20,23-24H2,1-2H3. The molecule has 1 aliphatic carbocycles. The van der Waals surface area contributed by atoms with Gasteiger partial charge in [-0.05, 0) is 46.2 Å². The first-order valence-electron chi connectivity index (χ1n) is 13.6. The van der Waals surface area contributed by atoms with Gasteiger partial charge in [-0.2, -0.15) is 0 Å². The number of rotatable bonds is 16. The van der Waals surface area contributed by atoms with Crippen LogP contribution in [-0.2, 0) is 16.1 Å². The second kappa shape index (κ2) is 14.1. The lowest BCUT2D eigenvalue weighted by Crippen LogP contribution is -2.26. The van der Waals surface area contributed by atoms with Crippen molar-refractivity contribution in [2.75, 3.05) is 0 Å². The molecule has 0 saturated carbocycles. The van der Waals surface area contributed by atoms with Gasteiger partial charge in [-0.25, -0.2) is 0 Å². The van der Waals surface area contributed by atoms with Crippen LogP contribution in [0.1, 0.15) is 126 Å². The predicted octanol–water partition coefficient (Wildman–Crippen LogP) is 11.2. The van der Waals surface area contributed by atoms with E-state index in [4.69, 9.17) is 0 Å². The van der Waals surface area contributed by atoms with E-state index in [1.165, 1.54) is 112 Å². The molecule has 0 fully saturated rings. The van der Waals surface area contributed by atoms with Crippen molar-refractivity contribution >= 4 is 31.9 Å². The van der Waals surface area contributed by atoms with Gasteiger partial charge < -0.3 is 0 Å². The molecule has 2 heteroatoms. The number of hydrogen-bond donors (Lipinski definition) is 0. The van der Waals surface area contributed by atoms with Crippen LogP contribution in [0.2, 0.25) is 0 Å². The van der Waals surface area contributed by atoms with Crippen molar-refractivity contribution in [2.45, 2.75) is 120 Å². The Morgan fingerprint density at radius 3 is 1.33 bits per heavy atom. The van der Waals surface area contributed by atoms with Crippen LogP contribution >= 0.6 is 31.9 Å². The molecule has 0 spiro atoms. The zero-order chi connectivity index (χ0) is 23.5. The second-order valence-electron chi connectivity index (χ2n) is 10.1. The molecule has 0 radical (unpaired) electrons. The average Bonchev–Trinajstić information content (AvgIpc) is 3.12. The molecule has 0 aliphatic heterocycles. The number of alkyl halides is 2. The molecule has 0 unspecified atom stereocenters. The van der Waals surface area contributed by atoms with E-state index in [-0.39, 0.29) is 5.41 Å². The van der Waals surface area contributed by atoms with E-state index in [9.17, 15) is 0 Å². The minimum absolute atomic E-state index is 0.191. The lowest BCUT2D eigenvalue weighted by atomic mass is 9.70. The summed E-state index contributed by atoms with van der Waals surface area (Å²) in [7, 11) is 0. The largest absolute Gasteiger partial charge is 0.0876 e. The fraction of sp³-hybridized carbons (Fsp3) is 0.613. The highest BCUT2D eigenvalue weighted by Gasteiger charge is 2.42. The van der Waals surface area contributed by atoms with E-state index in [0.717, 1.165) is 10.7 Å². The van der Waals surface area contributed by atoms with Crippen molar-refractivity contribution < 1.29 is 0 Å². The number of fused-ring (bicyclic) bond motifs is 3. The minimum Gasteiger partial charge on any atom is -0.0876 e. The number of halogens is 2. The van der Waals surface area contributed by atoms with Crippen LogP contribution in [0.25, 0.3) is 11.1 Å². The van der Waals surface area contributed by atoms with E-state index in [1.54, 1.807) is 11.1 Å². The summed E-state index contributed by atoms with van der Waals surface area (Å²) in [6.07, 6.45) is 19.0. The summed E-state index contributed by atoms with van der Waals surface area (Å²) in [5.41, 5.74) is 9.23. The summed E-state index contributed by atoms with van der Waals surface area (Å²) in [4.78, 5) is 0. The molecule has 2 aromatic rings. The van der Waals surface area contributed by atoms with Crippen molar-refractivity contribution in [3.63, 3.8) is 0 Å². The first-order chi connectivity index (χ1) is 16.2. The predicted molar refractivity (Wildman–Crippen MR) is 154 cm³/mol. The maximum atomic E-state index is 3.73. The summed E-state index contributed by atoms with van der Waals surface area (Å²) in [5, 5.41) is 1.88. The molecule has 0 amide bonds. The fourth-order valence-electron chi connectivity index (χ4n) is 5.83. The van der Waals surface area contributed by atoms with Crippen LogP contribution in [-0.4, -0.2) is 0 Å². The summed E-state index contributed by atoms with van der Waals surface area (Å²) < 4.78 is 0. The smallest absolute Gasteiger partial charge is 0.0283 e. The van der Waals surface area contributed by atoms with Gasteiger partial charge in [-0.15, -0.1) is 0 Å². The first kappa shape index (κ1) is 27.0. The number of hydrogen-bond acceptors (Lipinski definition) is 0. The highest BCUT2D eigenvalue weighted by atomic mass is 79.9. The molecular weight excluding hydrogens is 532 g/mol. The molecule has 3 rings (SSSR count). The van der Waals surface area contributed by atoms with Crippen LogP contribution in [0.4, 0.5) is 0 Å². The molecule has 0 heterocycles. The highest BCUT2D eigenvalue weighted by Crippen LogP contribution is 2.54. The van der Waals surface area contributed by atoms with Crippen molar-refractivity contribution in [1.29, 1.82) is 0 Å². The van der Waals surface area contributed by atoms with Crippen LogP contribution in [0.5, 0.6) is 0 Å². The first-order valence-corrected chi connectivity index (χ1v) is 15.8. The van der Waals surface area contributed by atoms with Crippen LogP contribution in [0.15, 0.2) is 36.4 Å². The van der Waals surface area contributed by atoms with Crippen LogP contribution in [0.3, 0.4) is 0 Å². The molecular formula is C31H44Br2. The Morgan fingerprint density at radius 1 is 0.545 bits per heavy atom. The molecule has 0 N–H and O–H groups in total. The Kier molecular flexibility index (Phi) is 11.5. The molecule has 33 heavy (non-hydrogen) atoms. The Bertz CT molecular complexity index is 782. The monoisotopic (exact) mass is 574 g/mol. The molecule has 0 saturated heterocycles. The highest BCUT2D eigenvalue weighted by molar-refractivity contribution is 9.08. The maximum absolute atomic E-state index is 3.73. The van der Waals surface area contributed by atoms with E-state index < -0.39 is 0 Å². The Morgan fingerprint density at radius 2 is 0.939 bits per heavy atom. The van der Waals surface area contributed by atoms with E-state index >= 15 is 0 Å². The molecule has 182 valence electrons. The molecule has 0 nitrogen and oxygen atoms in total. The van der Waals surface area contributed by atoms with Gasteiger partial charge in [0.25, 0.3) is 0 Å². The fourth-order valence-corrected chi connectivity index (χ4v) is 6.53. The summed E-state index contributed by atoms with van der Waals surface area (Å²) in [6.45, 7) is 4.62. The quantitative estimate of drug-likeness (QED) is 0.138. The second-order valence-corrected chi connectivity index (χ2v) is 11.3. The molecule has 0 atom stereocenters. The lowest BCUT2D eigenvalue weighted by Gasteiger charge is -2.33. The van der Waals surface area contributed by atoms with Crippen LogP contribution in [0, 0.1) is 0 Å². The SMILES string of the molecule is CCCCCCCCC1(CCCCCCCC)c2cc(CBr)ccc2-c2ccc(CBr)cc21. The molecule has 0 aromatic heterocycles. The van der Waals surface area contributed by atoms with E-state index in [2.05, 4.69) is 82.1 Å². The summed E-state index contributed by atoms with van der Waals surface area (Å²) >= 11 is 7.46. The third-order valence-corrected chi connectivity index (χ3v) is 9.01. The third-order valence-electron chi connectivity index (χ3n) is 7.71.